The van der Waals surface area contributed by atoms with Gasteiger partial charge in [-0.1, -0.05) is 12.7 Å². The molecule has 3 atom stereocenters. The van der Waals surface area contributed by atoms with Gasteiger partial charge in [-0.3, -0.25) is 14.4 Å². The Bertz CT molecular complexity index is 1040. The number of carbonyl (C=O) groups is 7. The number of carboxylic acid groups (broad SMARTS) is 1. The summed E-state index contributed by atoms with van der Waals surface area (Å²) in [5.74, 6) is -3.84. The number of thioether (sulfide) groups is 2. The summed E-state index contributed by atoms with van der Waals surface area (Å²) >= 11 is 2.35. The van der Waals surface area contributed by atoms with E-state index in [1.807, 2.05) is 0 Å². The maximum Gasteiger partial charge on any atom is 0.408 e. The normalized spacial score (nSPS) is 12.8. The predicted octanol–water partition coefficient (Wildman–Crippen LogP) is 0.264. The van der Waals surface area contributed by atoms with Crippen LogP contribution in [0.15, 0.2) is 12.7 Å². The Hall–Kier alpha value is -3.67. The molecule has 0 bridgehead atoms. The second-order valence-electron chi connectivity index (χ2n) is 10.1. The predicted molar refractivity (Wildman–Crippen MR) is 164 cm³/mol. The van der Waals surface area contributed by atoms with E-state index < -0.39 is 72.8 Å². The van der Waals surface area contributed by atoms with Gasteiger partial charge in [-0.05, 0) is 27.0 Å². The molecule has 0 aromatic heterocycles. The standard InChI is InChI=1S/C26H43N5O11S2/c1-9-10-40-24(38)27-11-20(33)30(6)18(14-44-15-28-16(2)32)21(34)31(7)19(13-43-8)23(37)41-12-17(22(35)36)29-25(39)42-26(3,4)5/h9,17-19H,1,10-15H2,2-8H3,(H,27,38)(H,28,32)(H,29,39)(H,35,36)/t17-,18+,19+/m1/s1. The van der Waals surface area contributed by atoms with Gasteiger partial charge in [-0.25, -0.2) is 19.2 Å². The third-order valence-electron chi connectivity index (χ3n) is 5.35. The van der Waals surface area contributed by atoms with Crippen molar-refractivity contribution in [3.8, 4) is 0 Å². The molecule has 44 heavy (non-hydrogen) atoms. The minimum Gasteiger partial charge on any atom is -0.480 e. The first-order valence-electron chi connectivity index (χ1n) is 13.2. The zero-order valence-electron chi connectivity index (χ0n) is 26.0. The van der Waals surface area contributed by atoms with Crippen LogP contribution in [0.2, 0.25) is 0 Å². The van der Waals surface area contributed by atoms with Crippen molar-refractivity contribution in [2.75, 3.05) is 57.5 Å². The highest BCUT2D eigenvalue weighted by Crippen LogP contribution is 2.15. The average molecular weight is 666 g/mol. The first kappa shape index (κ1) is 40.3. The van der Waals surface area contributed by atoms with Crippen molar-refractivity contribution in [3.05, 3.63) is 12.7 Å². The summed E-state index contributed by atoms with van der Waals surface area (Å²) in [4.78, 5) is 88.5. The molecule has 0 fully saturated rings. The Labute approximate surface area is 265 Å². The van der Waals surface area contributed by atoms with Gasteiger partial charge >= 0.3 is 24.1 Å². The highest BCUT2D eigenvalue weighted by molar-refractivity contribution is 7.99. The first-order chi connectivity index (χ1) is 20.4. The van der Waals surface area contributed by atoms with E-state index in [4.69, 9.17) is 14.2 Å². The molecule has 0 aromatic carbocycles. The summed E-state index contributed by atoms with van der Waals surface area (Å²) in [7, 11) is 2.67. The fourth-order valence-electron chi connectivity index (χ4n) is 3.07. The Morgan fingerprint density at radius 3 is 2.11 bits per heavy atom. The molecule has 0 saturated heterocycles. The van der Waals surface area contributed by atoms with Crippen LogP contribution in [-0.2, 0) is 38.2 Å². The molecule has 5 amide bonds. The van der Waals surface area contributed by atoms with Crippen LogP contribution in [0, 0.1) is 0 Å². The van der Waals surface area contributed by atoms with Crippen LogP contribution in [0.3, 0.4) is 0 Å². The molecular formula is C26H43N5O11S2. The lowest BCUT2D eigenvalue weighted by atomic mass is 10.2. The molecule has 4 N–H and O–H groups in total. The fourth-order valence-corrected chi connectivity index (χ4v) is 4.76. The molecule has 18 heteroatoms. The first-order valence-corrected chi connectivity index (χ1v) is 15.7. The number of likely N-dealkylation sites (N-methyl/N-ethyl adjacent to an activating group) is 2. The van der Waals surface area contributed by atoms with E-state index in [0.717, 1.165) is 21.6 Å². The third-order valence-corrected chi connectivity index (χ3v) is 6.90. The molecule has 0 aliphatic carbocycles. The average Bonchev–Trinajstić information content (AvgIpc) is 2.93. The molecule has 250 valence electrons. The highest BCUT2D eigenvalue weighted by Gasteiger charge is 2.36. The van der Waals surface area contributed by atoms with Crippen molar-refractivity contribution in [2.45, 2.75) is 51.4 Å². The third kappa shape index (κ3) is 16.3. The molecule has 0 aliphatic rings. The van der Waals surface area contributed by atoms with E-state index in [1.54, 1.807) is 27.0 Å². The van der Waals surface area contributed by atoms with E-state index in [2.05, 4.69) is 22.5 Å². The quantitative estimate of drug-likeness (QED) is 0.0510. The van der Waals surface area contributed by atoms with E-state index >= 15 is 0 Å². The smallest absolute Gasteiger partial charge is 0.408 e. The van der Waals surface area contributed by atoms with Gasteiger partial charge in [0.2, 0.25) is 17.7 Å². The van der Waals surface area contributed by atoms with E-state index in [1.165, 1.54) is 38.9 Å². The zero-order chi connectivity index (χ0) is 34.0. The van der Waals surface area contributed by atoms with Crippen LogP contribution < -0.4 is 16.0 Å². The number of nitrogens with one attached hydrogen (secondary N) is 3. The van der Waals surface area contributed by atoms with Crippen molar-refractivity contribution in [1.82, 2.24) is 25.8 Å². The lowest BCUT2D eigenvalue weighted by Crippen LogP contribution is -2.56. The summed E-state index contributed by atoms with van der Waals surface area (Å²) in [6.07, 6.45) is 1.13. The van der Waals surface area contributed by atoms with Crippen molar-refractivity contribution >= 4 is 65.4 Å². The number of esters is 1. The Morgan fingerprint density at radius 1 is 0.955 bits per heavy atom. The molecule has 0 spiro atoms. The summed E-state index contributed by atoms with van der Waals surface area (Å²) in [6, 6.07) is -3.97. The number of carbonyl (C=O) groups excluding carboxylic acids is 6. The molecular weight excluding hydrogens is 622 g/mol. The summed E-state index contributed by atoms with van der Waals surface area (Å²) in [5, 5.41) is 16.4. The molecule has 0 aromatic rings. The van der Waals surface area contributed by atoms with Crippen LogP contribution in [0.25, 0.3) is 0 Å². The molecule has 0 heterocycles. The Morgan fingerprint density at radius 2 is 1.59 bits per heavy atom. The highest BCUT2D eigenvalue weighted by atomic mass is 32.2. The van der Waals surface area contributed by atoms with Crippen LogP contribution in [-0.4, -0.2) is 138 Å². The number of ether oxygens (including phenoxy) is 3. The summed E-state index contributed by atoms with van der Waals surface area (Å²) < 4.78 is 15.0. The molecule has 0 saturated carbocycles. The molecule has 0 aliphatic heterocycles. The van der Waals surface area contributed by atoms with Crippen LogP contribution >= 0.6 is 23.5 Å². The second-order valence-corrected chi connectivity index (χ2v) is 12.0. The molecule has 16 nitrogen and oxygen atoms in total. The Balaban J connectivity index is 5.75. The van der Waals surface area contributed by atoms with Gasteiger partial charge in [0.1, 0.15) is 37.4 Å². The number of aliphatic carboxylic acids is 1. The summed E-state index contributed by atoms with van der Waals surface area (Å²) in [6.45, 7) is 8.20. The number of amides is 5. The van der Waals surface area contributed by atoms with Crippen molar-refractivity contribution < 1.29 is 52.9 Å². The van der Waals surface area contributed by atoms with E-state index in [-0.39, 0.29) is 29.9 Å². The van der Waals surface area contributed by atoms with Crippen molar-refractivity contribution in [2.24, 2.45) is 0 Å². The molecule has 0 radical (unpaired) electrons. The van der Waals surface area contributed by atoms with Gasteiger partial charge in [0.25, 0.3) is 0 Å². The van der Waals surface area contributed by atoms with Crippen LogP contribution in [0.4, 0.5) is 9.59 Å². The Kier molecular flexibility index (Phi) is 18.6. The lowest BCUT2D eigenvalue weighted by Gasteiger charge is -2.34. The van der Waals surface area contributed by atoms with Crippen LogP contribution in [0.1, 0.15) is 27.7 Å². The van der Waals surface area contributed by atoms with Gasteiger partial charge < -0.3 is 45.1 Å². The summed E-state index contributed by atoms with van der Waals surface area (Å²) in [5.41, 5.74) is -0.896. The monoisotopic (exact) mass is 665 g/mol. The van der Waals surface area contributed by atoms with E-state index in [0.29, 0.717) is 0 Å². The number of hydrogen-bond donors (Lipinski definition) is 4. The number of rotatable bonds is 18. The van der Waals surface area contributed by atoms with Gasteiger partial charge in [0.05, 0.1) is 5.88 Å². The van der Waals surface area contributed by atoms with Gasteiger partial charge in [0.15, 0.2) is 6.04 Å². The van der Waals surface area contributed by atoms with Crippen molar-refractivity contribution in [1.29, 1.82) is 0 Å². The van der Waals surface area contributed by atoms with E-state index in [9.17, 15) is 38.7 Å². The fraction of sp³-hybridized carbons (Fsp3) is 0.654. The van der Waals surface area contributed by atoms with Crippen LogP contribution in [0.5, 0.6) is 0 Å². The number of carboxylic acids is 1. The molecule has 0 rings (SSSR count). The number of hydrogen-bond acceptors (Lipinski definition) is 12. The SMILES string of the molecule is C=CCOC(=O)NCC(=O)N(C)[C@@H](CSCNC(C)=O)C(=O)N(C)[C@@H](CSC)C(=O)OC[C@@H](NC(=O)OC(C)(C)C)C(=O)O. The minimum atomic E-state index is -1.63. The second kappa shape index (κ2) is 20.3. The maximum absolute atomic E-state index is 13.7. The molecule has 0 unspecified atom stereocenters. The van der Waals surface area contributed by atoms with Crippen molar-refractivity contribution in [3.63, 3.8) is 0 Å². The van der Waals surface area contributed by atoms with Gasteiger partial charge in [0, 0.05) is 32.5 Å². The largest absolute Gasteiger partial charge is 0.480 e. The number of alkyl carbamates (subject to hydrolysis) is 2. The number of nitrogens with zero attached hydrogens (tertiary/aromatic N) is 2. The minimum absolute atomic E-state index is 0.00847. The lowest BCUT2D eigenvalue weighted by molar-refractivity contribution is -0.157. The van der Waals surface area contributed by atoms with Gasteiger partial charge in [-0.15, -0.1) is 11.8 Å². The van der Waals surface area contributed by atoms with Gasteiger partial charge in [-0.2, -0.15) is 11.8 Å². The maximum atomic E-state index is 13.7. The topological polar surface area (TPSA) is 210 Å². The zero-order valence-corrected chi connectivity index (χ0v) is 27.6.